The molecular formula is C17H20BrNO2. The maximum atomic E-state index is 12.4. The number of allylic oxidation sites excluding steroid dienone is 1. The Hall–Kier alpha value is -1.29. The van der Waals surface area contributed by atoms with Gasteiger partial charge in [0.25, 0.3) is 0 Å². The van der Waals surface area contributed by atoms with Gasteiger partial charge in [-0.2, -0.15) is 0 Å². The Labute approximate surface area is 134 Å². The number of piperidine rings is 1. The van der Waals surface area contributed by atoms with E-state index in [-0.39, 0.29) is 11.9 Å². The molecule has 0 amide bonds. The second-order valence-corrected chi connectivity index (χ2v) is 6.50. The van der Waals surface area contributed by atoms with Crippen molar-refractivity contribution < 1.29 is 9.53 Å². The molecule has 0 aliphatic carbocycles. The maximum absolute atomic E-state index is 12.4. The highest BCUT2D eigenvalue weighted by Crippen LogP contribution is 2.40. The van der Waals surface area contributed by atoms with Crippen molar-refractivity contribution in [1.82, 2.24) is 4.90 Å². The van der Waals surface area contributed by atoms with Crippen LogP contribution in [0.5, 0.6) is 0 Å². The predicted octanol–water partition coefficient (Wildman–Crippen LogP) is 3.85. The lowest BCUT2D eigenvalue weighted by molar-refractivity contribution is -0.138. The minimum Gasteiger partial charge on any atom is -0.463 e. The first kappa shape index (κ1) is 14.6. The highest BCUT2D eigenvalue weighted by Gasteiger charge is 2.37. The normalized spacial score (nSPS) is 21.4. The van der Waals surface area contributed by atoms with Crippen LogP contribution in [0.15, 0.2) is 40.0 Å². The number of ether oxygens (including phenoxy) is 1. The predicted molar refractivity (Wildman–Crippen MR) is 86.0 cm³/mol. The van der Waals surface area contributed by atoms with E-state index < -0.39 is 0 Å². The molecule has 3 nitrogen and oxygen atoms in total. The zero-order valence-electron chi connectivity index (χ0n) is 12.3. The average Bonchev–Trinajstić information content (AvgIpc) is 2.87. The van der Waals surface area contributed by atoms with Crippen LogP contribution in [0.4, 0.5) is 0 Å². The first-order valence-corrected chi connectivity index (χ1v) is 8.40. The third-order valence-electron chi connectivity index (χ3n) is 4.30. The zero-order chi connectivity index (χ0) is 14.8. The van der Waals surface area contributed by atoms with Gasteiger partial charge in [-0.1, -0.05) is 28.1 Å². The number of carbonyl (C=O) groups excluding carboxylic acids is 1. The third kappa shape index (κ3) is 2.86. The molecule has 2 aliphatic heterocycles. The van der Waals surface area contributed by atoms with Crippen molar-refractivity contribution in [2.75, 3.05) is 19.7 Å². The van der Waals surface area contributed by atoms with Crippen LogP contribution in [0.2, 0.25) is 0 Å². The van der Waals surface area contributed by atoms with Crippen LogP contribution in [0.25, 0.3) is 0 Å². The molecule has 112 valence electrons. The summed E-state index contributed by atoms with van der Waals surface area (Å²) in [5, 5.41) is 0. The standard InChI is InChI=1S/C17H20BrNO2/c1-2-21-17(20)16-14(12-6-8-13(18)9-7-12)11-19-10-4-3-5-15(16)19/h6-9,14H,2-5,10-11H2,1H3. The number of carbonyl (C=O) groups is 1. The monoisotopic (exact) mass is 349 g/mol. The van der Waals surface area contributed by atoms with Crippen molar-refractivity contribution >= 4 is 21.9 Å². The topological polar surface area (TPSA) is 29.5 Å². The molecule has 21 heavy (non-hydrogen) atoms. The van der Waals surface area contributed by atoms with E-state index in [1.54, 1.807) is 0 Å². The quantitative estimate of drug-likeness (QED) is 0.776. The molecule has 1 atom stereocenters. The number of nitrogens with zero attached hydrogens (tertiary/aromatic N) is 1. The molecule has 2 heterocycles. The lowest BCUT2D eigenvalue weighted by atomic mass is 9.92. The van der Waals surface area contributed by atoms with E-state index in [1.807, 2.05) is 19.1 Å². The first-order valence-electron chi connectivity index (χ1n) is 7.61. The average molecular weight is 350 g/mol. The summed E-state index contributed by atoms with van der Waals surface area (Å²) in [6.45, 7) is 4.27. The van der Waals surface area contributed by atoms with Crippen LogP contribution < -0.4 is 0 Å². The summed E-state index contributed by atoms with van der Waals surface area (Å²) in [6, 6.07) is 8.29. The van der Waals surface area contributed by atoms with E-state index >= 15 is 0 Å². The summed E-state index contributed by atoms with van der Waals surface area (Å²) < 4.78 is 6.38. The molecule has 0 spiro atoms. The molecule has 1 aromatic carbocycles. The minimum absolute atomic E-state index is 0.134. The van der Waals surface area contributed by atoms with Crippen LogP contribution in [0, 0.1) is 0 Å². The fourth-order valence-electron chi connectivity index (χ4n) is 3.34. The Morgan fingerprint density at radius 3 is 2.81 bits per heavy atom. The molecule has 2 aliphatic rings. The summed E-state index contributed by atoms with van der Waals surface area (Å²) >= 11 is 3.47. The zero-order valence-corrected chi connectivity index (χ0v) is 13.9. The van der Waals surface area contributed by atoms with Gasteiger partial charge in [0.2, 0.25) is 0 Å². The molecule has 0 aromatic heterocycles. The van der Waals surface area contributed by atoms with Gasteiger partial charge >= 0.3 is 5.97 Å². The smallest absolute Gasteiger partial charge is 0.336 e. The Bertz CT molecular complexity index is 565. The highest BCUT2D eigenvalue weighted by molar-refractivity contribution is 9.10. The molecule has 1 unspecified atom stereocenters. The molecule has 0 bridgehead atoms. The van der Waals surface area contributed by atoms with Crippen molar-refractivity contribution in [2.45, 2.75) is 32.1 Å². The van der Waals surface area contributed by atoms with Crippen molar-refractivity contribution in [2.24, 2.45) is 0 Å². The Morgan fingerprint density at radius 2 is 2.10 bits per heavy atom. The van der Waals surface area contributed by atoms with E-state index in [0.29, 0.717) is 6.61 Å². The molecule has 1 saturated heterocycles. The SMILES string of the molecule is CCOC(=O)C1=C2CCCCN2CC1c1ccc(Br)cc1. The number of esters is 1. The molecule has 4 heteroatoms. The van der Waals surface area contributed by atoms with Gasteiger partial charge in [0.15, 0.2) is 0 Å². The van der Waals surface area contributed by atoms with Gasteiger partial charge in [0.05, 0.1) is 12.2 Å². The molecule has 3 rings (SSSR count). The fourth-order valence-corrected chi connectivity index (χ4v) is 3.61. The van der Waals surface area contributed by atoms with Gasteiger partial charge < -0.3 is 9.64 Å². The van der Waals surface area contributed by atoms with Crippen LogP contribution >= 0.6 is 15.9 Å². The van der Waals surface area contributed by atoms with Crippen LogP contribution in [0.3, 0.4) is 0 Å². The number of benzene rings is 1. The molecule has 0 saturated carbocycles. The van der Waals surface area contributed by atoms with Crippen molar-refractivity contribution in [3.8, 4) is 0 Å². The van der Waals surface area contributed by atoms with Gasteiger partial charge in [-0.05, 0) is 43.9 Å². The van der Waals surface area contributed by atoms with Crippen molar-refractivity contribution in [1.29, 1.82) is 0 Å². The molecule has 0 radical (unpaired) electrons. The number of halogens is 1. The molecule has 1 aromatic rings. The number of rotatable bonds is 3. The van der Waals surface area contributed by atoms with E-state index in [9.17, 15) is 4.79 Å². The largest absolute Gasteiger partial charge is 0.463 e. The summed E-state index contributed by atoms with van der Waals surface area (Å²) in [7, 11) is 0. The van der Waals surface area contributed by atoms with Crippen molar-refractivity contribution in [3.63, 3.8) is 0 Å². The fraction of sp³-hybridized carbons (Fsp3) is 0.471. The Morgan fingerprint density at radius 1 is 1.33 bits per heavy atom. The van der Waals surface area contributed by atoms with Gasteiger partial charge in [-0.3, -0.25) is 0 Å². The lowest BCUT2D eigenvalue weighted by Crippen LogP contribution is -2.26. The second kappa shape index (κ2) is 6.22. The number of hydrogen-bond acceptors (Lipinski definition) is 3. The number of fused-ring (bicyclic) bond motifs is 1. The van der Waals surface area contributed by atoms with Crippen molar-refractivity contribution in [3.05, 3.63) is 45.6 Å². The Kier molecular flexibility index (Phi) is 4.34. The number of hydrogen-bond donors (Lipinski definition) is 0. The van der Waals surface area contributed by atoms with Gasteiger partial charge in [0, 0.05) is 29.2 Å². The summed E-state index contributed by atoms with van der Waals surface area (Å²) in [4.78, 5) is 14.8. The van der Waals surface area contributed by atoms with Crippen LogP contribution in [-0.4, -0.2) is 30.6 Å². The highest BCUT2D eigenvalue weighted by atomic mass is 79.9. The Balaban J connectivity index is 1.97. The summed E-state index contributed by atoms with van der Waals surface area (Å²) in [6.07, 6.45) is 3.38. The van der Waals surface area contributed by atoms with Crippen LogP contribution in [0.1, 0.15) is 37.7 Å². The van der Waals surface area contributed by atoms with Gasteiger partial charge in [-0.25, -0.2) is 4.79 Å². The minimum atomic E-state index is -0.134. The van der Waals surface area contributed by atoms with Crippen LogP contribution in [-0.2, 0) is 9.53 Å². The van der Waals surface area contributed by atoms with E-state index in [1.165, 1.54) is 24.1 Å². The van der Waals surface area contributed by atoms with E-state index in [0.717, 1.165) is 29.6 Å². The third-order valence-corrected chi connectivity index (χ3v) is 4.83. The first-order chi connectivity index (χ1) is 10.2. The second-order valence-electron chi connectivity index (χ2n) is 5.59. The van der Waals surface area contributed by atoms with E-state index in [2.05, 4.69) is 33.0 Å². The van der Waals surface area contributed by atoms with Gasteiger partial charge in [-0.15, -0.1) is 0 Å². The molecular weight excluding hydrogens is 330 g/mol. The lowest BCUT2D eigenvalue weighted by Gasteiger charge is -2.27. The molecule has 0 N–H and O–H groups in total. The van der Waals surface area contributed by atoms with Gasteiger partial charge in [0.1, 0.15) is 0 Å². The maximum Gasteiger partial charge on any atom is 0.336 e. The van der Waals surface area contributed by atoms with E-state index in [4.69, 9.17) is 4.74 Å². The summed E-state index contributed by atoms with van der Waals surface area (Å²) in [5.41, 5.74) is 3.30. The summed E-state index contributed by atoms with van der Waals surface area (Å²) in [5.74, 6) is 0.00932. The molecule has 1 fully saturated rings.